The van der Waals surface area contributed by atoms with Crippen LogP contribution in [0, 0.1) is 17.6 Å². The Morgan fingerprint density at radius 2 is 1.87 bits per heavy atom. The van der Waals surface area contributed by atoms with Crippen molar-refractivity contribution in [3.63, 3.8) is 0 Å². The van der Waals surface area contributed by atoms with Crippen LogP contribution < -0.4 is 5.32 Å². The maximum Gasteiger partial charge on any atom is 0.227 e. The molecule has 13 heteroatoms. The van der Waals surface area contributed by atoms with Crippen LogP contribution in [0.4, 0.5) is 14.5 Å². The Morgan fingerprint density at radius 1 is 1.02 bits per heavy atom. The van der Waals surface area contributed by atoms with Gasteiger partial charge < -0.3 is 10.3 Å². The summed E-state index contributed by atoms with van der Waals surface area (Å²) in [6.45, 7) is 0. The van der Waals surface area contributed by atoms with Crippen LogP contribution in [-0.2, 0) is 21.1 Å². The first kappa shape index (κ1) is 28.7. The fraction of sp³-hybridized carbons (Fsp3) is 0.219. The highest BCUT2D eigenvalue weighted by Crippen LogP contribution is 2.35. The molecule has 10 nitrogen and oxygen atoms in total. The number of sulfone groups is 1. The second kappa shape index (κ2) is 11.1. The molecule has 0 saturated heterocycles. The number of fused-ring (bicyclic) bond motifs is 2. The Hall–Kier alpha value is -5.04. The number of amides is 1. The molecular formula is C32H27F2N7O3S. The van der Waals surface area contributed by atoms with Crippen LogP contribution in [0.3, 0.4) is 0 Å². The van der Waals surface area contributed by atoms with Gasteiger partial charge in [0.05, 0.1) is 34.4 Å². The number of benzene rings is 2. The molecule has 6 aromatic rings. The number of hydrogen-bond donors (Lipinski definition) is 3. The summed E-state index contributed by atoms with van der Waals surface area (Å²) < 4.78 is 53.3. The fourth-order valence-electron chi connectivity index (χ4n) is 5.50. The minimum Gasteiger partial charge on any atom is -0.336 e. The van der Waals surface area contributed by atoms with E-state index in [4.69, 9.17) is 4.98 Å². The van der Waals surface area contributed by atoms with Crippen LogP contribution in [0.5, 0.6) is 0 Å². The molecule has 3 N–H and O–H groups in total. The number of nitrogens with one attached hydrogen (secondary N) is 3. The van der Waals surface area contributed by atoms with Gasteiger partial charge in [0.1, 0.15) is 32.7 Å². The molecule has 0 aliphatic heterocycles. The first-order valence-electron chi connectivity index (χ1n) is 14.4. The second-order valence-electron chi connectivity index (χ2n) is 11.4. The van der Waals surface area contributed by atoms with Gasteiger partial charge in [-0.2, -0.15) is 5.10 Å². The zero-order valence-electron chi connectivity index (χ0n) is 24.1. The Balaban J connectivity index is 1.25. The van der Waals surface area contributed by atoms with E-state index in [0.717, 1.165) is 25.5 Å². The van der Waals surface area contributed by atoms with E-state index in [0.29, 0.717) is 61.5 Å². The van der Waals surface area contributed by atoms with Gasteiger partial charge >= 0.3 is 0 Å². The number of aryl methyl sites for hydroxylation is 1. The molecule has 1 fully saturated rings. The molecule has 4 aromatic heterocycles. The van der Waals surface area contributed by atoms with Gasteiger partial charge in [0, 0.05) is 52.7 Å². The number of rotatable bonds is 8. The van der Waals surface area contributed by atoms with Gasteiger partial charge in [-0.1, -0.05) is 6.42 Å². The topological polar surface area (TPSA) is 146 Å². The summed E-state index contributed by atoms with van der Waals surface area (Å²) in [5.41, 5.74) is 4.61. The van der Waals surface area contributed by atoms with Gasteiger partial charge in [0.2, 0.25) is 5.91 Å². The van der Waals surface area contributed by atoms with E-state index in [9.17, 15) is 17.6 Å². The molecule has 1 aliphatic rings. The molecule has 0 unspecified atom stereocenters. The monoisotopic (exact) mass is 627 g/mol. The molecule has 0 radical (unpaired) electrons. The summed E-state index contributed by atoms with van der Waals surface area (Å²) in [5, 5.41) is 10.8. The summed E-state index contributed by atoms with van der Waals surface area (Å²) in [6, 6.07) is 10.8. The highest BCUT2D eigenvalue weighted by atomic mass is 32.2. The lowest BCUT2D eigenvalue weighted by Crippen LogP contribution is -2.28. The minimum absolute atomic E-state index is 0.00222. The highest BCUT2D eigenvalue weighted by molar-refractivity contribution is 7.90. The third-order valence-corrected chi connectivity index (χ3v) is 9.01. The van der Waals surface area contributed by atoms with Gasteiger partial charge in [0.15, 0.2) is 5.82 Å². The number of pyridine rings is 2. The van der Waals surface area contributed by atoms with E-state index >= 15 is 4.39 Å². The number of aromatic nitrogens is 6. The van der Waals surface area contributed by atoms with Crippen LogP contribution in [0.1, 0.15) is 24.8 Å². The molecule has 0 atom stereocenters. The zero-order chi connectivity index (χ0) is 31.3. The van der Waals surface area contributed by atoms with Crippen molar-refractivity contribution in [1.82, 2.24) is 30.1 Å². The maximum atomic E-state index is 15.3. The summed E-state index contributed by atoms with van der Waals surface area (Å²) in [7, 11) is -3.23. The molecule has 1 aliphatic carbocycles. The largest absolute Gasteiger partial charge is 0.336 e. The van der Waals surface area contributed by atoms with Crippen LogP contribution in [0.25, 0.3) is 55.8 Å². The lowest BCUT2D eigenvalue weighted by molar-refractivity contribution is -0.122. The Bertz CT molecular complexity index is 2230. The first-order chi connectivity index (χ1) is 21.6. The third-order valence-electron chi connectivity index (χ3n) is 8.06. The molecule has 1 saturated carbocycles. The van der Waals surface area contributed by atoms with Crippen molar-refractivity contribution < 1.29 is 22.0 Å². The van der Waals surface area contributed by atoms with Crippen LogP contribution >= 0.6 is 0 Å². The van der Waals surface area contributed by atoms with Crippen molar-refractivity contribution >= 4 is 43.4 Å². The average molecular weight is 628 g/mol. The number of imidazole rings is 1. The van der Waals surface area contributed by atoms with Crippen molar-refractivity contribution in [1.29, 1.82) is 0 Å². The van der Waals surface area contributed by atoms with Gasteiger partial charge in [-0.25, -0.2) is 22.2 Å². The molecular weight excluding hydrogens is 600 g/mol. The summed E-state index contributed by atoms with van der Waals surface area (Å²) in [5.74, 6) is -0.788. The second-order valence-corrected chi connectivity index (χ2v) is 13.7. The van der Waals surface area contributed by atoms with E-state index in [-0.39, 0.29) is 29.6 Å². The van der Waals surface area contributed by atoms with E-state index in [1.54, 1.807) is 30.5 Å². The van der Waals surface area contributed by atoms with Crippen molar-refractivity contribution in [3.8, 4) is 33.9 Å². The molecule has 4 heterocycles. The third kappa shape index (κ3) is 5.78. The van der Waals surface area contributed by atoms with E-state index in [2.05, 4.69) is 30.5 Å². The van der Waals surface area contributed by atoms with Crippen molar-refractivity contribution in [2.45, 2.75) is 25.7 Å². The predicted octanol–water partition coefficient (Wildman–Crippen LogP) is 5.83. The lowest BCUT2D eigenvalue weighted by Gasteiger charge is -2.24. The molecule has 2 aromatic carbocycles. The standard InChI is InChI=1S/C32H27F2N7O3S/c1-45(43,44)8-6-17-9-19(11-21(33)10-17)28-30-26(5-7-36-28)38-31(39-30)29-24-13-23(25(34)14-27(24)40-41-29)20-12-22(16-35-15-20)37-32(42)18-3-2-4-18/h5,7,9-16,18H,2-4,6,8H2,1H3,(H,37,42)(H,38,39)(H,40,41). The summed E-state index contributed by atoms with van der Waals surface area (Å²) in [6.07, 6.45) is 8.70. The van der Waals surface area contributed by atoms with Gasteiger partial charge in [-0.3, -0.25) is 19.9 Å². The molecule has 7 rings (SSSR count). The quantitative estimate of drug-likeness (QED) is 0.192. The van der Waals surface area contributed by atoms with Gasteiger partial charge in [-0.05, 0) is 61.2 Å². The summed E-state index contributed by atoms with van der Waals surface area (Å²) in [4.78, 5) is 29.1. The van der Waals surface area contributed by atoms with Crippen LogP contribution in [0.15, 0.2) is 61.1 Å². The van der Waals surface area contributed by atoms with Crippen molar-refractivity contribution in [3.05, 3.63) is 78.3 Å². The number of anilines is 1. The SMILES string of the molecule is CS(=O)(=O)CCc1cc(F)cc(-c2nccc3[nH]c(-c4n[nH]c5cc(F)c(-c6cncc(NC(=O)C7CCC7)c6)cc45)nc23)c1. The summed E-state index contributed by atoms with van der Waals surface area (Å²) >= 11 is 0. The van der Waals surface area contributed by atoms with Gasteiger partial charge in [0.25, 0.3) is 0 Å². The molecule has 228 valence electrons. The number of hydrogen-bond acceptors (Lipinski definition) is 7. The number of carbonyl (C=O) groups excluding carboxylic acids is 1. The maximum absolute atomic E-state index is 15.3. The lowest BCUT2D eigenvalue weighted by atomic mass is 9.85. The van der Waals surface area contributed by atoms with Crippen LogP contribution in [0.2, 0.25) is 0 Å². The van der Waals surface area contributed by atoms with Gasteiger partial charge in [-0.15, -0.1) is 0 Å². The molecule has 1 amide bonds. The van der Waals surface area contributed by atoms with Crippen molar-refractivity contribution in [2.75, 3.05) is 17.3 Å². The Labute approximate surface area is 256 Å². The van der Waals surface area contributed by atoms with Crippen LogP contribution in [-0.4, -0.2) is 56.5 Å². The number of aromatic amines is 2. The number of halogens is 2. The molecule has 0 spiro atoms. The Kier molecular flexibility index (Phi) is 7.11. The average Bonchev–Trinajstić information content (AvgIpc) is 3.58. The first-order valence-corrected chi connectivity index (χ1v) is 16.4. The smallest absolute Gasteiger partial charge is 0.227 e. The van der Waals surface area contributed by atoms with E-state index in [1.807, 2.05) is 0 Å². The van der Waals surface area contributed by atoms with E-state index < -0.39 is 21.5 Å². The minimum atomic E-state index is -3.23. The predicted molar refractivity (Wildman–Crippen MR) is 167 cm³/mol. The number of carbonyl (C=O) groups is 1. The normalized spacial score (nSPS) is 13.8. The highest BCUT2D eigenvalue weighted by Gasteiger charge is 2.25. The number of nitrogens with zero attached hydrogens (tertiary/aromatic N) is 4. The zero-order valence-corrected chi connectivity index (χ0v) is 24.9. The van der Waals surface area contributed by atoms with E-state index in [1.165, 1.54) is 30.6 Å². The van der Waals surface area contributed by atoms with Crippen molar-refractivity contribution in [2.24, 2.45) is 5.92 Å². The molecule has 0 bridgehead atoms. The fourth-order valence-corrected chi connectivity index (χ4v) is 6.11. The number of H-pyrrole nitrogens is 2. The molecule has 45 heavy (non-hydrogen) atoms. The Morgan fingerprint density at radius 3 is 2.64 bits per heavy atom.